The van der Waals surface area contributed by atoms with E-state index in [1.165, 1.54) is 0 Å². The Morgan fingerprint density at radius 2 is 2.00 bits per heavy atom. The highest BCUT2D eigenvalue weighted by atomic mass is 35.5. The van der Waals surface area contributed by atoms with Gasteiger partial charge in [-0.2, -0.15) is 0 Å². The quantitative estimate of drug-likeness (QED) is 0.811. The maximum absolute atomic E-state index is 11.1. The molecule has 20 heavy (non-hydrogen) atoms. The number of hydrogen-bond donors (Lipinski definition) is 2. The maximum Gasteiger partial charge on any atom is 0.320 e. The summed E-state index contributed by atoms with van der Waals surface area (Å²) in [4.78, 5) is 11.1. The molecule has 0 aliphatic rings. The molecule has 0 aromatic heterocycles. The fourth-order valence-electron chi connectivity index (χ4n) is 1.84. The van der Waals surface area contributed by atoms with Crippen molar-refractivity contribution < 1.29 is 14.6 Å². The number of rotatable bonds is 7. The maximum atomic E-state index is 11.1. The molecule has 4 nitrogen and oxygen atoms in total. The molecule has 1 aromatic rings. The zero-order valence-corrected chi connectivity index (χ0v) is 13.1. The lowest BCUT2D eigenvalue weighted by molar-refractivity contribution is -0.140. The second-order valence-electron chi connectivity index (χ2n) is 5.37. The fraction of sp³-hybridized carbons (Fsp3) is 0.533. The molecule has 0 radical (unpaired) electrons. The Morgan fingerprint density at radius 1 is 1.35 bits per heavy atom. The average Bonchev–Trinajstić information content (AvgIpc) is 2.31. The average molecular weight is 300 g/mol. The number of carboxylic acid groups (broad SMARTS) is 1. The number of nitrogens with one attached hydrogen (secondary N) is 1. The first-order valence-electron chi connectivity index (χ1n) is 6.72. The first-order valence-corrected chi connectivity index (χ1v) is 7.10. The van der Waals surface area contributed by atoms with Crippen molar-refractivity contribution in [1.82, 2.24) is 5.32 Å². The first kappa shape index (κ1) is 16.8. The summed E-state index contributed by atoms with van der Waals surface area (Å²) >= 11 is 6.14. The number of carbonyl (C=O) groups is 1. The number of hydrogen-bond acceptors (Lipinski definition) is 3. The number of aliphatic carboxylic acids is 1. The van der Waals surface area contributed by atoms with Crippen LogP contribution in [0.4, 0.5) is 0 Å². The van der Waals surface area contributed by atoms with E-state index in [1.54, 1.807) is 6.07 Å². The van der Waals surface area contributed by atoms with Crippen molar-refractivity contribution in [3.05, 3.63) is 28.8 Å². The second kappa shape index (κ2) is 7.50. The summed E-state index contributed by atoms with van der Waals surface area (Å²) in [5, 5.41) is 12.7. The molecule has 0 saturated heterocycles. The van der Waals surface area contributed by atoms with Crippen LogP contribution in [-0.4, -0.2) is 23.2 Å². The van der Waals surface area contributed by atoms with Gasteiger partial charge in [-0.3, -0.25) is 4.79 Å². The zero-order chi connectivity index (χ0) is 15.3. The molecule has 2 N–H and O–H groups in total. The molecule has 1 atom stereocenters. The second-order valence-corrected chi connectivity index (χ2v) is 5.78. The van der Waals surface area contributed by atoms with Crippen LogP contribution in [0, 0.1) is 5.92 Å². The van der Waals surface area contributed by atoms with Crippen LogP contribution in [0.3, 0.4) is 0 Å². The summed E-state index contributed by atoms with van der Waals surface area (Å²) < 4.78 is 5.56. The third-order valence-electron chi connectivity index (χ3n) is 2.82. The topological polar surface area (TPSA) is 58.6 Å². The molecular weight excluding hydrogens is 278 g/mol. The molecule has 0 bridgehead atoms. The van der Waals surface area contributed by atoms with Gasteiger partial charge in [0.05, 0.1) is 11.1 Å². The predicted molar refractivity (Wildman–Crippen MR) is 80.3 cm³/mol. The molecule has 0 heterocycles. The Kier molecular flexibility index (Phi) is 6.30. The zero-order valence-electron chi connectivity index (χ0n) is 12.3. The van der Waals surface area contributed by atoms with Gasteiger partial charge in [0.1, 0.15) is 11.8 Å². The minimum absolute atomic E-state index is 0.0199. The lowest BCUT2D eigenvalue weighted by atomic mass is 10.0. The van der Waals surface area contributed by atoms with E-state index in [2.05, 4.69) is 5.32 Å². The van der Waals surface area contributed by atoms with E-state index in [4.69, 9.17) is 21.4 Å². The third-order valence-corrected chi connectivity index (χ3v) is 3.11. The predicted octanol–water partition coefficient (Wildman–Crippen LogP) is 3.33. The molecular formula is C15H22ClNO3. The highest BCUT2D eigenvalue weighted by molar-refractivity contribution is 6.32. The van der Waals surface area contributed by atoms with E-state index >= 15 is 0 Å². The molecule has 112 valence electrons. The molecule has 5 heteroatoms. The van der Waals surface area contributed by atoms with Gasteiger partial charge < -0.3 is 15.2 Å². The van der Waals surface area contributed by atoms with E-state index in [1.807, 2.05) is 39.8 Å². The smallest absolute Gasteiger partial charge is 0.320 e. The van der Waals surface area contributed by atoms with Gasteiger partial charge in [0, 0.05) is 6.54 Å². The number of carboxylic acids is 1. The van der Waals surface area contributed by atoms with Crippen molar-refractivity contribution in [2.45, 2.75) is 46.4 Å². The first-order chi connectivity index (χ1) is 9.31. The molecule has 0 fully saturated rings. The van der Waals surface area contributed by atoms with Crippen LogP contribution in [-0.2, 0) is 11.3 Å². The largest absolute Gasteiger partial charge is 0.489 e. The monoisotopic (exact) mass is 299 g/mol. The van der Waals surface area contributed by atoms with Crippen LogP contribution in [0.5, 0.6) is 5.75 Å². The Hall–Kier alpha value is -1.26. The van der Waals surface area contributed by atoms with E-state index in [0.29, 0.717) is 17.3 Å². The van der Waals surface area contributed by atoms with Gasteiger partial charge in [-0.25, -0.2) is 0 Å². The van der Waals surface area contributed by atoms with Gasteiger partial charge in [0.15, 0.2) is 0 Å². The molecule has 0 saturated carbocycles. The van der Waals surface area contributed by atoms with Gasteiger partial charge in [0.25, 0.3) is 0 Å². The fourth-order valence-corrected chi connectivity index (χ4v) is 2.09. The SMILES string of the molecule is CC(C)Oc1ccc(CN[C@@H](C(=O)O)C(C)C)cc1Cl. The van der Waals surface area contributed by atoms with E-state index < -0.39 is 12.0 Å². The van der Waals surface area contributed by atoms with Crippen LogP contribution in [0.2, 0.25) is 5.02 Å². The standard InChI is InChI=1S/C15H22ClNO3/c1-9(2)14(15(18)19)17-8-11-5-6-13(12(16)7-11)20-10(3)4/h5-7,9-10,14,17H,8H2,1-4H3,(H,18,19)/t14-/m1/s1. The van der Waals surface area contributed by atoms with Crippen LogP contribution in [0.1, 0.15) is 33.3 Å². The van der Waals surface area contributed by atoms with Crippen molar-refractivity contribution in [3.8, 4) is 5.75 Å². The molecule has 0 amide bonds. The minimum Gasteiger partial charge on any atom is -0.489 e. The third kappa shape index (κ3) is 5.02. The Bertz CT molecular complexity index is 460. The normalized spacial score (nSPS) is 12.8. The van der Waals surface area contributed by atoms with Gasteiger partial charge in [-0.05, 0) is 37.5 Å². The number of ether oxygens (including phenoxy) is 1. The Morgan fingerprint density at radius 3 is 2.45 bits per heavy atom. The van der Waals surface area contributed by atoms with Crippen LogP contribution < -0.4 is 10.1 Å². The molecule has 0 aliphatic carbocycles. The number of benzene rings is 1. The van der Waals surface area contributed by atoms with Gasteiger partial charge in [0.2, 0.25) is 0 Å². The van der Waals surface area contributed by atoms with Crippen LogP contribution >= 0.6 is 11.6 Å². The summed E-state index contributed by atoms with van der Waals surface area (Å²) in [6, 6.07) is 4.92. The summed E-state index contributed by atoms with van der Waals surface area (Å²) in [6.07, 6.45) is 0.0637. The van der Waals surface area contributed by atoms with Crippen molar-refractivity contribution in [1.29, 1.82) is 0 Å². The van der Waals surface area contributed by atoms with Crippen molar-refractivity contribution in [2.24, 2.45) is 5.92 Å². The molecule has 0 unspecified atom stereocenters. The van der Waals surface area contributed by atoms with E-state index in [0.717, 1.165) is 5.56 Å². The lowest BCUT2D eigenvalue weighted by Crippen LogP contribution is -2.40. The Labute approximate surface area is 125 Å². The van der Waals surface area contributed by atoms with E-state index in [-0.39, 0.29) is 12.0 Å². The van der Waals surface area contributed by atoms with Crippen LogP contribution in [0.25, 0.3) is 0 Å². The summed E-state index contributed by atoms with van der Waals surface area (Å²) in [6.45, 7) is 8.07. The molecule has 0 spiro atoms. The van der Waals surface area contributed by atoms with Crippen molar-refractivity contribution >= 4 is 17.6 Å². The van der Waals surface area contributed by atoms with Gasteiger partial charge in [-0.15, -0.1) is 0 Å². The number of halogens is 1. The van der Waals surface area contributed by atoms with Gasteiger partial charge in [-0.1, -0.05) is 31.5 Å². The van der Waals surface area contributed by atoms with E-state index in [9.17, 15) is 4.79 Å². The summed E-state index contributed by atoms with van der Waals surface area (Å²) in [7, 11) is 0. The van der Waals surface area contributed by atoms with Crippen LogP contribution in [0.15, 0.2) is 18.2 Å². The van der Waals surface area contributed by atoms with Crippen molar-refractivity contribution in [2.75, 3.05) is 0 Å². The minimum atomic E-state index is -0.842. The summed E-state index contributed by atoms with van der Waals surface area (Å²) in [5.41, 5.74) is 0.929. The highest BCUT2D eigenvalue weighted by Crippen LogP contribution is 2.26. The Balaban J connectivity index is 2.69. The van der Waals surface area contributed by atoms with Crippen molar-refractivity contribution in [3.63, 3.8) is 0 Å². The molecule has 0 aliphatic heterocycles. The summed E-state index contributed by atoms with van der Waals surface area (Å²) in [5.74, 6) is -0.179. The van der Waals surface area contributed by atoms with Gasteiger partial charge >= 0.3 is 5.97 Å². The lowest BCUT2D eigenvalue weighted by Gasteiger charge is -2.18. The molecule has 1 rings (SSSR count). The molecule has 1 aromatic carbocycles. The highest BCUT2D eigenvalue weighted by Gasteiger charge is 2.20.